The van der Waals surface area contributed by atoms with Crippen molar-refractivity contribution in [2.75, 3.05) is 6.61 Å². The molecule has 2 aliphatic rings. The van der Waals surface area contributed by atoms with Crippen LogP contribution >= 0.6 is 0 Å². The van der Waals surface area contributed by atoms with E-state index in [2.05, 4.69) is 28.4 Å². The van der Waals surface area contributed by atoms with Gasteiger partial charge >= 0.3 is 0 Å². The Hall–Kier alpha value is -3.50. The summed E-state index contributed by atoms with van der Waals surface area (Å²) in [5.41, 5.74) is 4.41. The van der Waals surface area contributed by atoms with Crippen molar-refractivity contribution in [3.8, 4) is 17.3 Å². The maximum Gasteiger partial charge on any atom is 0.176 e. The van der Waals surface area contributed by atoms with Gasteiger partial charge in [-0.25, -0.2) is 0 Å². The number of ketones is 1. The van der Waals surface area contributed by atoms with E-state index in [0.29, 0.717) is 6.54 Å². The number of hydrogen-bond donors (Lipinski definition) is 2. The first-order valence-corrected chi connectivity index (χ1v) is 10.5. The Morgan fingerprint density at radius 2 is 2.16 bits per heavy atom. The Morgan fingerprint density at radius 3 is 2.90 bits per heavy atom. The van der Waals surface area contributed by atoms with Crippen molar-refractivity contribution in [1.29, 1.82) is 5.26 Å². The van der Waals surface area contributed by atoms with Crippen LogP contribution in [0.2, 0.25) is 0 Å². The summed E-state index contributed by atoms with van der Waals surface area (Å²) in [7, 11) is 0. The minimum Gasteiger partial charge on any atom is -0.394 e. The molecule has 5 rings (SSSR count). The Labute approximate surface area is 180 Å². The third kappa shape index (κ3) is 2.79. The van der Waals surface area contributed by atoms with Gasteiger partial charge in [0.15, 0.2) is 5.78 Å². The highest BCUT2D eigenvalue weighted by Gasteiger charge is 2.53. The number of nitrogens with zero attached hydrogens (tertiary/aromatic N) is 4. The van der Waals surface area contributed by atoms with Crippen molar-refractivity contribution in [1.82, 2.24) is 20.0 Å². The molecule has 0 aliphatic heterocycles. The van der Waals surface area contributed by atoms with Crippen molar-refractivity contribution in [3.63, 3.8) is 0 Å². The highest BCUT2D eigenvalue weighted by atomic mass is 16.3. The summed E-state index contributed by atoms with van der Waals surface area (Å²) >= 11 is 0. The van der Waals surface area contributed by atoms with E-state index >= 15 is 0 Å². The van der Waals surface area contributed by atoms with Crippen molar-refractivity contribution in [2.24, 2.45) is 11.8 Å². The minimum absolute atomic E-state index is 0.0225. The smallest absolute Gasteiger partial charge is 0.176 e. The fourth-order valence-electron chi connectivity index (χ4n) is 5.39. The number of nitrogens with one attached hydrogen (secondary N) is 1. The molecule has 2 N–H and O–H groups in total. The van der Waals surface area contributed by atoms with Gasteiger partial charge in [-0.2, -0.15) is 15.5 Å². The molecule has 0 spiro atoms. The van der Waals surface area contributed by atoms with E-state index in [1.807, 2.05) is 37.4 Å². The zero-order chi connectivity index (χ0) is 21.6. The molecule has 1 aromatic carbocycles. The van der Waals surface area contributed by atoms with Gasteiger partial charge in [-0.1, -0.05) is 37.3 Å². The second kappa shape index (κ2) is 7.33. The van der Waals surface area contributed by atoms with Crippen molar-refractivity contribution in [2.45, 2.75) is 31.7 Å². The van der Waals surface area contributed by atoms with Crippen LogP contribution in [-0.4, -0.2) is 37.5 Å². The fraction of sp³-hybridized carbons (Fsp3) is 0.333. The molecule has 0 saturated heterocycles. The first kappa shape index (κ1) is 19.5. The van der Waals surface area contributed by atoms with Crippen LogP contribution in [-0.2, 0) is 23.2 Å². The summed E-state index contributed by atoms with van der Waals surface area (Å²) in [5.74, 6) is -0.315. The summed E-state index contributed by atoms with van der Waals surface area (Å²) in [6, 6.07) is 12.2. The summed E-state index contributed by atoms with van der Waals surface area (Å²) in [5, 5.41) is 31.2. The number of aromatic nitrogens is 4. The number of fused-ring (bicyclic) bond motifs is 3. The Kier molecular flexibility index (Phi) is 4.60. The lowest BCUT2D eigenvalue weighted by atomic mass is 9.54. The number of aromatic amines is 1. The van der Waals surface area contributed by atoms with Gasteiger partial charge < -0.3 is 5.11 Å². The zero-order valence-corrected chi connectivity index (χ0v) is 17.2. The van der Waals surface area contributed by atoms with E-state index < -0.39 is 5.41 Å². The molecule has 2 unspecified atom stereocenters. The topological polar surface area (TPSA) is 108 Å². The molecular weight excluding hydrogens is 390 g/mol. The van der Waals surface area contributed by atoms with Gasteiger partial charge in [0.2, 0.25) is 0 Å². The van der Waals surface area contributed by atoms with Crippen LogP contribution in [0.1, 0.15) is 30.2 Å². The van der Waals surface area contributed by atoms with Crippen LogP contribution < -0.4 is 0 Å². The molecule has 0 radical (unpaired) electrons. The second-order valence-electron chi connectivity index (χ2n) is 8.34. The van der Waals surface area contributed by atoms with Crippen LogP contribution in [0.4, 0.5) is 0 Å². The molecule has 0 amide bonds. The predicted molar refractivity (Wildman–Crippen MR) is 114 cm³/mol. The molecule has 0 bridgehead atoms. The van der Waals surface area contributed by atoms with Crippen molar-refractivity contribution >= 4 is 5.78 Å². The van der Waals surface area contributed by atoms with E-state index in [1.54, 1.807) is 10.9 Å². The molecule has 7 nitrogen and oxygen atoms in total. The molecule has 0 fully saturated rings. The third-order valence-electron chi connectivity index (χ3n) is 6.83. The quantitative estimate of drug-likeness (QED) is 0.684. The standard InChI is InChI=1S/C24H23N5O2/c1-15-20-8-7-19-21(17-13-26-29(14-17)9-10-30)27-28-23(19)24(20,11-16(12-25)22(15)31)18-5-3-2-4-6-18/h2-6,11,13-15,20,30H,7-10H2,1H3,(H,27,28)/t15?,20?,24-/m1/s1. The third-order valence-corrected chi connectivity index (χ3v) is 6.83. The summed E-state index contributed by atoms with van der Waals surface area (Å²) < 4.78 is 1.70. The molecule has 2 aromatic heterocycles. The SMILES string of the molecule is CC1C(=O)C(C#N)=C[C@]2(c3ccccc3)c3n[nH]c(-c4cnn(CCO)c4)c3CCC12. The molecule has 0 saturated carbocycles. The fourth-order valence-corrected chi connectivity index (χ4v) is 5.39. The lowest BCUT2D eigenvalue weighted by Crippen LogP contribution is -2.48. The zero-order valence-electron chi connectivity index (χ0n) is 17.2. The van der Waals surface area contributed by atoms with Gasteiger partial charge in [0.05, 0.1) is 41.7 Å². The summed E-state index contributed by atoms with van der Waals surface area (Å²) in [6.45, 7) is 2.39. The lowest BCUT2D eigenvalue weighted by molar-refractivity contribution is -0.121. The number of nitriles is 1. The number of rotatable bonds is 4. The Balaban J connectivity index is 1.74. The minimum atomic E-state index is -0.636. The molecule has 31 heavy (non-hydrogen) atoms. The molecule has 3 atom stereocenters. The summed E-state index contributed by atoms with van der Waals surface area (Å²) in [6.07, 6.45) is 7.14. The van der Waals surface area contributed by atoms with E-state index in [4.69, 9.17) is 5.10 Å². The molecule has 3 aromatic rings. The van der Waals surface area contributed by atoms with Crippen molar-refractivity contribution in [3.05, 3.63) is 71.2 Å². The van der Waals surface area contributed by atoms with Crippen LogP contribution in [0, 0.1) is 23.2 Å². The number of aliphatic hydroxyl groups is 1. The molecule has 156 valence electrons. The lowest BCUT2D eigenvalue weighted by Gasteiger charge is -2.46. The van der Waals surface area contributed by atoms with Gasteiger partial charge in [-0.3, -0.25) is 14.6 Å². The van der Waals surface area contributed by atoms with Gasteiger partial charge in [0, 0.05) is 23.2 Å². The van der Waals surface area contributed by atoms with Gasteiger partial charge in [-0.15, -0.1) is 0 Å². The molecular formula is C24H23N5O2. The highest BCUT2D eigenvalue weighted by Crippen LogP contribution is 2.54. The summed E-state index contributed by atoms with van der Waals surface area (Å²) in [4.78, 5) is 12.8. The maximum atomic E-state index is 12.8. The van der Waals surface area contributed by atoms with Crippen molar-refractivity contribution < 1.29 is 9.90 Å². The molecule has 2 aliphatic carbocycles. The van der Waals surface area contributed by atoms with Crippen LogP contribution in [0.5, 0.6) is 0 Å². The first-order chi connectivity index (χ1) is 15.1. The largest absolute Gasteiger partial charge is 0.394 e. The van der Waals surface area contributed by atoms with Gasteiger partial charge in [0.1, 0.15) is 6.07 Å². The predicted octanol–water partition coefficient (Wildman–Crippen LogP) is 2.78. The number of aliphatic hydroxyl groups excluding tert-OH is 1. The van der Waals surface area contributed by atoms with E-state index in [9.17, 15) is 15.2 Å². The average molecular weight is 413 g/mol. The van der Waals surface area contributed by atoms with E-state index in [0.717, 1.165) is 40.9 Å². The number of H-pyrrole nitrogens is 1. The monoisotopic (exact) mass is 413 g/mol. The molecule has 7 heteroatoms. The van der Waals surface area contributed by atoms with Gasteiger partial charge in [0.25, 0.3) is 0 Å². The van der Waals surface area contributed by atoms with Crippen LogP contribution in [0.3, 0.4) is 0 Å². The average Bonchev–Trinajstić information content (AvgIpc) is 3.44. The second-order valence-corrected chi connectivity index (χ2v) is 8.34. The number of Topliss-reactive ketones (excluding diaryl/α,β-unsaturated/α-hetero) is 1. The van der Waals surface area contributed by atoms with Gasteiger partial charge in [-0.05, 0) is 30.4 Å². The highest BCUT2D eigenvalue weighted by molar-refractivity contribution is 6.02. The number of carbonyl (C=O) groups excluding carboxylic acids is 1. The maximum absolute atomic E-state index is 12.8. The normalized spacial score (nSPS) is 24.8. The van der Waals surface area contributed by atoms with E-state index in [1.165, 1.54) is 0 Å². The number of allylic oxidation sites excluding steroid dienone is 2. The number of benzene rings is 1. The molecule has 2 heterocycles. The van der Waals surface area contributed by atoms with E-state index in [-0.39, 0.29) is 29.8 Å². The van der Waals surface area contributed by atoms with Crippen LogP contribution in [0.15, 0.2) is 54.4 Å². The number of hydrogen-bond acceptors (Lipinski definition) is 5. The van der Waals surface area contributed by atoms with Crippen LogP contribution in [0.25, 0.3) is 11.3 Å². The first-order valence-electron chi connectivity index (χ1n) is 10.5. The number of carbonyl (C=O) groups is 1. The Bertz CT molecular complexity index is 1220. The Morgan fingerprint density at radius 1 is 1.35 bits per heavy atom.